The number of carbonyl (C=O) groups excluding carboxylic acids is 2. The summed E-state index contributed by atoms with van der Waals surface area (Å²) < 4.78 is 12.3. The van der Waals surface area contributed by atoms with Crippen LogP contribution >= 0.6 is 0 Å². The van der Waals surface area contributed by atoms with Crippen molar-refractivity contribution in [2.75, 3.05) is 32.8 Å². The fraction of sp³-hybridized carbons (Fsp3) is 0.548. The van der Waals surface area contributed by atoms with Crippen molar-refractivity contribution in [1.82, 2.24) is 15.5 Å². The van der Waals surface area contributed by atoms with Crippen LogP contribution in [0.2, 0.25) is 0 Å². The van der Waals surface area contributed by atoms with Gasteiger partial charge in [0.2, 0.25) is 5.91 Å². The molecule has 2 fully saturated rings. The average molecular weight is 524 g/mol. The first kappa shape index (κ1) is 29.5. The Morgan fingerprint density at radius 2 is 1.82 bits per heavy atom. The molecule has 0 spiro atoms. The number of amides is 2. The second-order valence-electron chi connectivity index (χ2n) is 10.9. The van der Waals surface area contributed by atoms with Crippen LogP contribution < -0.4 is 20.1 Å². The van der Waals surface area contributed by atoms with E-state index in [9.17, 15) is 9.59 Å². The van der Waals surface area contributed by atoms with Crippen LogP contribution in [0.25, 0.3) is 6.08 Å². The van der Waals surface area contributed by atoms with E-state index in [1.54, 1.807) is 13.0 Å². The highest BCUT2D eigenvalue weighted by molar-refractivity contribution is 6.07. The number of hydrogen-bond donors (Lipinski definition) is 2. The van der Waals surface area contributed by atoms with E-state index in [0.717, 1.165) is 50.4 Å². The van der Waals surface area contributed by atoms with E-state index >= 15 is 0 Å². The van der Waals surface area contributed by atoms with Gasteiger partial charge in [0.05, 0.1) is 6.61 Å². The number of piperidine rings is 1. The predicted octanol–water partition coefficient (Wildman–Crippen LogP) is 5.23. The van der Waals surface area contributed by atoms with Gasteiger partial charge in [-0.05, 0) is 109 Å². The summed E-state index contributed by atoms with van der Waals surface area (Å²) in [5.41, 5.74) is 3.60. The van der Waals surface area contributed by atoms with Crippen molar-refractivity contribution in [2.24, 2.45) is 5.92 Å². The lowest BCUT2D eigenvalue weighted by atomic mass is 9.99. The number of carbonyl (C=O) groups is 2. The zero-order chi connectivity index (χ0) is 27.5. The van der Waals surface area contributed by atoms with Gasteiger partial charge in [-0.1, -0.05) is 30.2 Å². The summed E-state index contributed by atoms with van der Waals surface area (Å²) in [7, 11) is 0. The van der Waals surface area contributed by atoms with Gasteiger partial charge in [-0.2, -0.15) is 0 Å². The van der Waals surface area contributed by atoms with Gasteiger partial charge in [-0.3, -0.25) is 9.59 Å². The molecule has 2 aliphatic heterocycles. The van der Waals surface area contributed by atoms with Crippen molar-refractivity contribution in [3.8, 4) is 11.5 Å². The van der Waals surface area contributed by atoms with E-state index in [0.29, 0.717) is 24.7 Å². The minimum atomic E-state index is -0.545. The summed E-state index contributed by atoms with van der Waals surface area (Å²) in [6.07, 6.45) is 11.5. The summed E-state index contributed by atoms with van der Waals surface area (Å²) >= 11 is 0. The quantitative estimate of drug-likeness (QED) is 0.223. The van der Waals surface area contributed by atoms with Gasteiger partial charge < -0.3 is 25.0 Å². The molecule has 0 saturated carbocycles. The molecule has 7 nitrogen and oxygen atoms in total. The standard InChI is InChI=1S/C31H45N3O4/c1-22(2)8-6-9-23(3)14-19-38-28-11-10-26(20-27-31(36)32-25(5)30(35)33-27)21-29(28)37-18-7-15-34-16-12-24(4)13-17-34/h8,10-11,14,20-21,24-25H,6-7,9,12-13,15-19H2,1-5H3,(H,32,36)(H,33,35)/b23-14+,27-20-/t25-/m0/s1. The molecule has 1 aromatic carbocycles. The number of ether oxygens (including phenoxy) is 2. The maximum absolute atomic E-state index is 12.3. The summed E-state index contributed by atoms with van der Waals surface area (Å²) in [6.45, 7) is 14.7. The van der Waals surface area contributed by atoms with E-state index in [4.69, 9.17) is 9.47 Å². The van der Waals surface area contributed by atoms with Crippen LogP contribution in [0.5, 0.6) is 11.5 Å². The van der Waals surface area contributed by atoms with Gasteiger partial charge in [-0.15, -0.1) is 0 Å². The van der Waals surface area contributed by atoms with Crippen LogP contribution in [0.1, 0.15) is 72.3 Å². The Balaban J connectivity index is 1.65. The number of likely N-dealkylation sites (tertiary alicyclic amines) is 1. The van der Waals surface area contributed by atoms with Crippen LogP contribution in [0.4, 0.5) is 0 Å². The van der Waals surface area contributed by atoms with Gasteiger partial charge in [0.15, 0.2) is 11.5 Å². The molecule has 1 atom stereocenters. The Labute approximate surface area is 228 Å². The number of nitrogens with zero attached hydrogens (tertiary/aromatic N) is 1. The molecule has 1 aromatic rings. The first-order valence-corrected chi connectivity index (χ1v) is 14.0. The highest BCUT2D eigenvalue weighted by Crippen LogP contribution is 2.30. The third kappa shape index (κ3) is 9.67. The SMILES string of the molecule is CC(C)=CCC/C(C)=C/COc1ccc(/C=C2\NC(=O)[C@H](C)NC2=O)cc1OCCCN1CCC(C)CC1. The smallest absolute Gasteiger partial charge is 0.268 e. The number of hydrogen-bond acceptors (Lipinski definition) is 5. The van der Waals surface area contributed by atoms with Crippen LogP contribution in [-0.4, -0.2) is 55.6 Å². The monoisotopic (exact) mass is 523 g/mol. The van der Waals surface area contributed by atoms with Crippen molar-refractivity contribution in [3.63, 3.8) is 0 Å². The predicted molar refractivity (Wildman–Crippen MR) is 153 cm³/mol. The molecule has 2 N–H and O–H groups in total. The van der Waals surface area contributed by atoms with Crippen LogP contribution in [0.15, 0.2) is 47.2 Å². The molecule has 38 heavy (non-hydrogen) atoms. The maximum atomic E-state index is 12.3. The molecular formula is C31H45N3O4. The fourth-order valence-electron chi connectivity index (χ4n) is 4.47. The largest absolute Gasteiger partial charge is 0.490 e. The number of rotatable bonds is 12. The van der Waals surface area contributed by atoms with Gasteiger partial charge in [0.25, 0.3) is 5.91 Å². The second kappa shape index (κ2) is 14.8. The molecule has 0 aliphatic carbocycles. The van der Waals surface area contributed by atoms with Gasteiger partial charge in [-0.25, -0.2) is 0 Å². The van der Waals surface area contributed by atoms with E-state index in [2.05, 4.69) is 55.4 Å². The molecule has 2 saturated heterocycles. The zero-order valence-electron chi connectivity index (χ0n) is 23.8. The highest BCUT2D eigenvalue weighted by Gasteiger charge is 2.26. The zero-order valence-corrected chi connectivity index (χ0v) is 23.8. The molecule has 2 heterocycles. The van der Waals surface area contributed by atoms with E-state index in [1.165, 1.54) is 24.0 Å². The van der Waals surface area contributed by atoms with Crippen LogP contribution in [0.3, 0.4) is 0 Å². The summed E-state index contributed by atoms with van der Waals surface area (Å²) in [5.74, 6) is 1.59. The number of benzene rings is 1. The summed E-state index contributed by atoms with van der Waals surface area (Å²) in [6, 6.07) is 5.06. The average Bonchev–Trinajstić information content (AvgIpc) is 2.87. The van der Waals surface area contributed by atoms with Crippen molar-refractivity contribution < 1.29 is 19.1 Å². The van der Waals surface area contributed by atoms with Gasteiger partial charge >= 0.3 is 0 Å². The normalized spacial score (nSPS) is 20.2. The minimum Gasteiger partial charge on any atom is -0.490 e. The van der Waals surface area contributed by atoms with E-state index < -0.39 is 6.04 Å². The van der Waals surface area contributed by atoms with Gasteiger partial charge in [0.1, 0.15) is 18.3 Å². The Morgan fingerprint density at radius 1 is 1.05 bits per heavy atom. The number of nitrogens with one attached hydrogen (secondary N) is 2. The Bertz CT molecular complexity index is 1050. The molecule has 208 valence electrons. The lowest BCUT2D eigenvalue weighted by Gasteiger charge is -2.30. The number of piperazine rings is 1. The third-order valence-electron chi connectivity index (χ3n) is 7.04. The molecule has 0 aromatic heterocycles. The van der Waals surface area contributed by atoms with Crippen LogP contribution in [0, 0.1) is 5.92 Å². The van der Waals surface area contributed by atoms with Crippen molar-refractivity contribution in [1.29, 1.82) is 0 Å². The Morgan fingerprint density at radius 3 is 2.55 bits per heavy atom. The maximum Gasteiger partial charge on any atom is 0.268 e. The summed E-state index contributed by atoms with van der Waals surface area (Å²) in [4.78, 5) is 26.9. The second-order valence-corrected chi connectivity index (χ2v) is 10.9. The highest BCUT2D eigenvalue weighted by atomic mass is 16.5. The van der Waals surface area contributed by atoms with E-state index in [-0.39, 0.29) is 17.5 Å². The Hall–Kier alpha value is -3.06. The molecule has 2 aliphatic rings. The van der Waals surface area contributed by atoms with E-state index in [1.807, 2.05) is 18.2 Å². The molecular weight excluding hydrogens is 478 g/mol. The third-order valence-corrected chi connectivity index (χ3v) is 7.04. The molecule has 2 amide bonds. The molecule has 3 rings (SSSR count). The molecule has 0 unspecified atom stereocenters. The molecule has 0 radical (unpaired) electrons. The first-order valence-electron chi connectivity index (χ1n) is 14.0. The molecule has 7 heteroatoms. The van der Waals surface area contributed by atoms with Gasteiger partial charge in [0, 0.05) is 6.54 Å². The Kier molecular flexibility index (Phi) is 11.5. The lowest BCUT2D eigenvalue weighted by molar-refractivity contribution is -0.130. The topological polar surface area (TPSA) is 79.9 Å². The number of allylic oxidation sites excluding steroid dienone is 3. The van der Waals surface area contributed by atoms with Crippen molar-refractivity contribution >= 4 is 17.9 Å². The lowest BCUT2D eigenvalue weighted by Crippen LogP contribution is -2.53. The van der Waals surface area contributed by atoms with Crippen LogP contribution in [-0.2, 0) is 9.59 Å². The fourth-order valence-corrected chi connectivity index (χ4v) is 4.47. The first-order chi connectivity index (χ1) is 18.2. The van der Waals surface area contributed by atoms with Crippen molar-refractivity contribution in [3.05, 3.63) is 52.8 Å². The van der Waals surface area contributed by atoms with Crippen molar-refractivity contribution in [2.45, 2.75) is 72.8 Å². The minimum absolute atomic E-state index is 0.224. The summed E-state index contributed by atoms with van der Waals surface area (Å²) in [5, 5.41) is 5.35. The molecule has 0 bridgehead atoms.